The van der Waals surface area contributed by atoms with Gasteiger partial charge in [-0.25, -0.2) is 0 Å². The van der Waals surface area contributed by atoms with E-state index in [4.69, 9.17) is 9.05 Å². The molecule has 0 saturated heterocycles. The average Bonchev–Trinajstić information content (AvgIpc) is 3.21. The van der Waals surface area contributed by atoms with Gasteiger partial charge in [-0.3, -0.25) is 9.36 Å². The molecule has 61 heavy (non-hydrogen) atoms. The van der Waals surface area contributed by atoms with Crippen LogP contribution in [0.2, 0.25) is 0 Å². The summed E-state index contributed by atoms with van der Waals surface area (Å²) in [5, 5.41) is 13.8. The lowest BCUT2D eigenvalue weighted by molar-refractivity contribution is -0.870. The van der Waals surface area contributed by atoms with Gasteiger partial charge in [0.1, 0.15) is 13.2 Å². The normalized spacial score (nSPS) is 14.7. The van der Waals surface area contributed by atoms with Gasteiger partial charge in [-0.05, 0) is 77.0 Å². The summed E-state index contributed by atoms with van der Waals surface area (Å²) in [7, 11) is 1.23. The molecule has 0 heterocycles. The van der Waals surface area contributed by atoms with Crippen molar-refractivity contribution in [2.24, 2.45) is 0 Å². The summed E-state index contributed by atoms with van der Waals surface area (Å²) in [4.78, 5) is 25.4. The van der Waals surface area contributed by atoms with E-state index < -0.39 is 26.6 Å². The van der Waals surface area contributed by atoms with Gasteiger partial charge >= 0.3 is 0 Å². The van der Waals surface area contributed by atoms with E-state index in [2.05, 4.69) is 67.8 Å². The molecule has 3 atom stereocenters. The standard InChI is InChI=1S/C52H97N2O6P/c1-6-8-10-12-14-16-18-20-22-23-24-25-26-27-28-29-30-31-32-34-36-38-40-42-44-46-52(56)53-50(49-60-61(57,58)59-48-47-54(3,4)5)51(55)45-43-41-39-37-35-33-21-19-17-15-13-11-9-7-2/h17-20,23-24,35,37,43,45,50-51,55H,6-16,21-22,25-34,36,38-42,44,46-49H2,1-5H3,(H-,53,56,57,58)/b19-17+,20-18-,24-23-,37-35+,45-43+. The van der Waals surface area contributed by atoms with Crippen molar-refractivity contribution in [3.8, 4) is 0 Å². The topological polar surface area (TPSA) is 108 Å². The number of unbranched alkanes of at least 4 members (excludes halogenated alkanes) is 24. The molecule has 0 aromatic carbocycles. The van der Waals surface area contributed by atoms with Gasteiger partial charge in [-0.1, -0.05) is 190 Å². The zero-order valence-electron chi connectivity index (χ0n) is 40.4. The number of carbonyl (C=O) groups is 1. The Morgan fingerprint density at radius 1 is 0.574 bits per heavy atom. The smallest absolute Gasteiger partial charge is 0.268 e. The van der Waals surface area contributed by atoms with Crippen LogP contribution in [-0.4, -0.2) is 68.5 Å². The summed E-state index contributed by atoms with van der Waals surface area (Å²) < 4.78 is 23.2. The molecule has 0 fully saturated rings. The number of carbonyl (C=O) groups excluding carboxylic acids is 1. The third-order valence-corrected chi connectivity index (χ3v) is 11.9. The summed E-state index contributed by atoms with van der Waals surface area (Å²) in [5.74, 6) is -0.214. The molecule has 0 aliphatic heterocycles. The molecule has 8 nitrogen and oxygen atoms in total. The lowest BCUT2D eigenvalue weighted by Gasteiger charge is -2.29. The summed E-state index contributed by atoms with van der Waals surface area (Å²) >= 11 is 0. The molecule has 3 unspecified atom stereocenters. The van der Waals surface area contributed by atoms with Crippen LogP contribution >= 0.6 is 7.82 Å². The maximum atomic E-state index is 12.9. The maximum Gasteiger partial charge on any atom is 0.268 e. The Balaban J connectivity index is 4.28. The van der Waals surface area contributed by atoms with Gasteiger partial charge in [-0.15, -0.1) is 0 Å². The lowest BCUT2D eigenvalue weighted by Crippen LogP contribution is -2.45. The summed E-state index contributed by atoms with van der Waals surface area (Å²) in [6.45, 7) is 4.58. The number of quaternary nitrogens is 1. The first kappa shape index (κ1) is 59.2. The number of aliphatic hydroxyl groups is 1. The zero-order chi connectivity index (χ0) is 45.0. The Kier molecular flexibility index (Phi) is 42.2. The maximum absolute atomic E-state index is 12.9. The van der Waals surface area contributed by atoms with Crippen LogP contribution in [0.1, 0.15) is 213 Å². The molecule has 1 amide bonds. The fraction of sp³-hybridized carbons (Fsp3) is 0.788. The van der Waals surface area contributed by atoms with Crippen LogP contribution in [0.4, 0.5) is 0 Å². The SMILES string of the molecule is CCCCCC/C=C/CC/C=C/CC/C=C/C(O)C(COP(=O)([O-])OCC[N+](C)(C)C)NC(=O)CCCCCCCCCCCCCCC/C=C\C/C=C\CCCCCCC. The number of allylic oxidation sites excluding steroid dienone is 9. The number of hydrogen-bond donors (Lipinski definition) is 2. The van der Waals surface area contributed by atoms with Crippen LogP contribution in [-0.2, 0) is 18.4 Å². The molecule has 0 aromatic rings. The fourth-order valence-electron chi connectivity index (χ4n) is 6.92. The third kappa shape index (κ3) is 46.0. The summed E-state index contributed by atoms with van der Waals surface area (Å²) in [5.41, 5.74) is 0. The van der Waals surface area contributed by atoms with Gasteiger partial charge in [0.05, 0.1) is 39.9 Å². The second-order valence-electron chi connectivity index (χ2n) is 18.1. The monoisotopic (exact) mass is 877 g/mol. The molecule has 9 heteroatoms. The van der Waals surface area contributed by atoms with Crippen LogP contribution < -0.4 is 10.2 Å². The van der Waals surface area contributed by atoms with Crippen LogP contribution in [0.25, 0.3) is 0 Å². The number of aliphatic hydroxyl groups excluding tert-OH is 1. The molecule has 0 spiro atoms. The van der Waals surface area contributed by atoms with Gasteiger partial charge < -0.3 is 28.8 Å². The average molecular weight is 877 g/mol. The number of nitrogens with zero attached hydrogens (tertiary/aromatic N) is 1. The number of phosphoric acid groups is 1. The highest BCUT2D eigenvalue weighted by Crippen LogP contribution is 2.38. The predicted octanol–water partition coefficient (Wildman–Crippen LogP) is 14.0. The van der Waals surface area contributed by atoms with Crippen molar-refractivity contribution in [2.45, 2.75) is 225 Å². The minimum atomic E-state index is -4.60. The Bertz CT molecular complexity index is 1180. The molecule has 2 N–H and O–H groups in total. The van der Waals surface area contributed by atoms with Crippen LogP contribution in [0.15, 0.2) is 60.8 Å². The number of rotatable bonds is 45. The van der Waals surface area contributed by atoms with E-state index in [1.54, 1.807) is 6.08 Å². The van der Waals surface area contributed by atoms with E-state index in [1.165, 1.54) is 135 Å². The fourth-order valence-corrected chi connectivity index (χ4v) is 7.64. The first-order valence-electron chi connectivity index (χ1n) is 25.2. The zero-order valence-corrected chi connectivity index (χ0v) is 41.2. The molecule has 0 saturated carbocycles. The highest BCUT2D eigenvalue weighted by molar-refractivity contribution is 7.45. The third-order valence-electron chi connectivity index (χ3n) is 10.9. The first-order chi connectivity index (χ1) is 29.5. The Morgan fingerprint density at radius 3 is 1.44 bits per heavy atom. The lowest BCUT2D eigenvalue weighted by atomic mass is 10.0. The van der Waals surface area contributed by atoms with E-state index in [-0.39, 0.29) is 12.5 Å². The Hall–Kier alpha value is -1.80. The van der Waals surface area contributed by atoms with Crippen molar-refractivity contribution in [1.29, 1.82) is 0 Å². The van der Waals surface area contributed by atoms with E-state index >= 15 is 0 Å². The highest BCUT2D eigenvalue weighted by atomic mass is 31.2. The molecular weight excluding hydrogens is 780 g/mol. The van der Waals surface area contributed by atoms with E-state index in [0.29, 0.717) is 17.4 Å². The second kappa shape index (κ2) is 43.5. The number of amides is 1. The molecule has 0 bridgehead atoms. The second-order valence-corrected chi connectivity index (χ2v) is 19.6. The van der Waals surface area contributed by atoms with E-state index in [1.807, 2.05) is 27.2 Å². The van der Waals surface area contributed by atoms with Crippen molar-refractivity contribution < 1.29 is 32.9 Å². The van der Waals surface area contributed by atoms with Crippen molar-refractivity contribution in [3.63, 3.8) is 0 Å². The van der Waals surface area contributed by atoms with Gasteiger partial charge in [0, 0.05) is 6.42 Å². The largest absolute Gasteiger partial charge is 0.756 e. The number of likely N-dealkylation sites (N-methyl/N-ethyl adjacent to an activating group) is 1. The predicted molar refractivity (Wildman–Crippen MR) is 261 cm³/mol. The molecule has 0 radical (unpaired) electrons. The van der Waals surface area contributed by atoms with Crippen molar-refractivity contribution in [3.05, 3.63) is 60.8 Å². The minimum absolute atomic E-state index is 0.0107. The van der Waals surface area contributed by atoms with E-state index in [9.17, 15) is 19.4 Å². The minimum Gasteiger partial charge on any atom is -0.756 e. The number of hydrogen-bond acceptors (Lipinski definition) is 6. The molecule has 0 aliphatic carbocycles. The summed E-state index contributed by atoms with van der Waals surface area (Å²) in [6.07, 6.45) is 57.1. The van der Waals surface area contributed by atoms with Gasteiger partial charge in [0.25, 0.3) is 7.82 Å². The van der Waals surface area contributed by atoms with Crippen molar-refractivity contribution >= 4 is 13.7 Å². The van der Waals surface area contributed by atoms with Crippen molar-refractivity contribution in [2.75, 3.05) is 40.9 Å². The molecular formula is C52H97N2O6P. The van der Waals surface area contributed by atoms with Gasteiger partial charge in [0.15, 0.2) is 0 Å². The summed E-state index contributed by atoms with van der Waals surface area (Å²) in [6, 6.07) is -0.911. The van der Waals surface area contributed by atoms with Crippen molar-refractivity contribution in [1.82, 2.24) is 5.32 Å². The molecule has 356 valence electrons. The van der Waals surface area contributed by atoms with Crippen LogP contribution in [0.5, 0.6) is 0 Å². The number of phosphoric ester groups is 1. The molecule has 0 aromatic heterocycles. The number of nitrogens with one attached hydrogen (secondary N) is 1. The van der Waals surface area contributed by atoms with Crippen LogP contribution in [0.3, 0.4) is 0 Å². The van der Waals surface area contributed by atoms with Gasteiger partial charge in [0.2, 0.25) is 5.91 Å². The molecule has 0 aliphatic rings. The highest BCUT2D eigenvalue weighted by Gasteiger charge is 2.23. The Labute approximate surface area is 377 Å². The Morgan fingerprint density at radius 2 is 0.967 bits per heavy atom. The quantitative estimate of drug-likeness (QED) is 0.0273. The first-order valence-corrected chi connectivity index (χ1v) is 26.6. The van der Waals surface area contributed by atoms with Gasteiger partial charge in [-0.2, -0.15) is 0 Å². The van der Waals surface area contributed by atoms with Crippen LogP contribution in [0, 0.1) is 0 Å². The van der Waals surface area contributed by atoms with E-state index in [0.717, 1.165) is 57.8 Å². The molecule has 0 rings (SSSR count).